The third-order valence-electron chi connectivity index (χ3n) is 4.90. The number of hydrogen-bond donors (Lipinski definition) is 12. The molecule has 1 atom stereocenters. The molecule has 1 aromatic rings. The number of phenols is 2. The first-order valence-corrected chi connectivity index (χ1v) is 7.76. The summed E-state index contributed by atoms with van der Waals surface area (Å²) < 4.78 is 14.1. The van der Waals surface area contributed by atoms with Gasteiger partial charge in [-0.2, -0.15) is 4.39 Å². The van der Waals surface area contributed by atoms with Gasteiger partial charge in [0.15, 0.2) is 17.2 Å². The highest BCUT2D eigenvalue weighted by Gasteiger charge is 2.81. The van der Waals surface area contributed by atoms with Crippen LogP contribution >= 0.6 is 0 Å². The molecule has 1 unspecified atom stereocenters. The molecule has 1 fully saturated rings. The van der Waals surface area contributed by atoms with Crippen molar-refractivity contribution in [3.8, 4) is 11.5 Å². The quantitative estimate of drug-likeness (QED) is 0.0830. The second-order valence-electron chi connectivity index (χ2n) is 6.61. The van der Waals surface area contributed by atoms with E-state index >= 15 is 0 Å². The predicted octanol–water partition coefficient (Wildman–Crippen LogP) is -5.82. The smallest absolute Gasteiger partial charge is 0.319 e. The van der Waals surface area contributed by atoms with Crippen molar-refractivity contribution in [2.24, 2.45) is 0 Å². The van der Waals surface area contributed by atoms with E-state index in [1.807, 2.05) is 0 Å². The summed E-state index contributed by atoms with van der Waals surface area (Å²) in [7, 11) is 0. The Morgan fingerprint density at radius 3 is 1.81 bits per heavy atom. The number of benzene rings is 1. The predicted molar refractivity (Wildman–Crippen MR) is 81.0 cm³/mol. The summed E-state index contributed by atoms with van der Waals surface area (Å²) in [6.07, 6.45) is 0. The summed E-state index contributed by atoms with van der Waals surface area (Å²) in [5.41, 5.74) is -10.2. The van der Waals surface area contributed by atoms with Crippen molar-refractivity contribution in [1.29, 1.82) is 0 Å². The highest BCUT2D eigenvalue weighted by molar-refractivity contribution is 6.11. The fraction of sp³-hybridized carbons (Fsp3) is 0.308. The zero-order valence-corrected chi connectivity index (χ0v) is 14.8. The SMILES string of the molecule is O=C1c2c(O)c(F)c(O)c(N(O)O)c2C(O)(O)N1C1(O)C(=O)N(O)C(=O)C(O)(O)C1(O)O. The molecule has 12 N–H and O–H groups in total. The van der Waals surface area contributed by atoms with E-state index < -0.39 is 90.3 Å². The van der Waals surface area contributed by atoms with Crippen molar-refractivity contribution in [3.63, 3.8) is 0 Å². The first kappa shape index (κ1) is 23.4. The molecule has 176 valence electrons. The van der Waals surface area contributed by atoms with Gasteiger partial charge in [-0.3, -0.25) is 30.0 Å². The van der Waals surface area contributed by atoms with Crippen LogP contribution in [0.25, 0.3) is 0 Å². The highest BCUT2D eigenvalue weighted by Crippen LogP contribution is 2.54. The summed E-state index contributed by atoms with van der Waals surface area (Å²) >= 11 is 0. The van der Waals surface area contributed by atoms with Crippen LogP contribution in [-0.4, -0.2) is 107 Å². The number of aliphatic hydroxyl groups is 7. The zero-order chi connectivity index (χ0) is 24.9. The Hall–Kier alpha value is -3.24. The molecule has 1 aromatic carbocycles. The molecule has 0 radical (unpaired) electrons. The lowest BCUT2D eigenvalue weighted by Gasteiger charge is -2.52. The average Bonchev–Trinajstić information content (AvgIpc) is 2.88. The summed E-state index contributed by atoms with van der Waals surface area (Å²) in [4.78, 5) is 35.5. The molecular weight excluding hydrogens is 457 g/mol. The lowest BCUT2D eigenvalue weighted by atomic mass is 9.86. The lowest BCUT2D eigenvalue weighted by Crippen LogP contribution is -2.87. The van der Waals surface area contributed by atoms with Crippen molar-refractivity contribution < 1.29 is 80.4 Å². The van der Waals surface area contributed by atoms with Gasteiger partial charge in [-0.05, 0) is 0 Å². The number of fused-ring (bicyclic) bond motifs is 1. The maximum absolute atomic E-state index is 14.1. The number of hydrogen-bond acceptors (Lipinski definition) is 16. The van der Waals surface area contributed by atoms with Crippen molar-refractivity contribution in [1.82, 2.24) is 9.96 Å². The van der Waals surface area contributed by atoms with Crippen molar-refractivity contribution in [3.05, 3.63) is 16.9 Å². The largest absolute Gasteiger partial charge is 0.504 e. The van der Waals surface area contributed by atoms with Gasteiger partial charge in [0.25, 0.3) is 23.3 Å². The van der Waals surface area contributed by atoms with Crippen LogP contribution in [0.15, 0.2) is 0 Å². The minimum absolute atomic E-state index is 1.20. The number of anilines is 1. The van der Waals surface area contributed by atoms with E-state index in [9.17, 15) is 80.4 Å². The van der Waals surface area contributed by atoms with Crippen LogP contribution in [0.2, 0.25) is 0 Å². The van der Waals surface area contributed by atoms with Crippen molar-refractivity contribution >= 4 is 23.4 Å². The number of halogens is 1. The number of imide groups is 1. The van der Waals surface area contributed by atoms with Gasteiger partial charge in [0, 0.05) is 0 Å². The van der Waals surface area contributed by atoms with Crippen LogP contribution in [0.5, 0.6) is 11.5 Å². The van der Waals surface area contributed by atoms with Gasteiger partial charge in [-0.25, -0.2) is 4.90 Å². The normalized spacial score (nSPS) is 25.9. The number of piperidine rings is 1. The number of phenolic OH excluding ortho intramolecular Hbond substituents is 2. The van der Waals surface area contributed by atoms with Gasteiger partial charge >= 0.3 is 17.6 Å². The molecule has 0 spiro atoms. The minimum atomic E-state index is -4.99. The molecular formula is C13H12FN3O15. The zero-order valence-electron chi connectivity index (χ0n) is 14.8. The maximum atomic E-state index is 14.1. The first-order valence-electron chi connectivity index (χ1n) is 7.76. The monoisotopic (exact) mass is 469 g/mol. The van der Waals surface area contributed by atoms with E-state index in [2.05, 4.69) is 0 Å². The second-order valence-corrected chi connectivity index (χ2v) is 6.61. The molecule has 2 heterocycles. The summed E-state index contributed by atoms with van der Waals surface area (Å²) in [6, 6.07) is 0. The fourth-order valence-corrected chi connectivity index (χ4v) is 3.33. The highest BCUT2D eigenvalue weighted by atomic mass is 19.1. The molecule has 1 saturated heterocycles. The first-order chi connectivity index (χ1) is 14.3. The van der Waals surface area contributed by atoms with E-state index in [0.29, 0.717) is 0 Å². The van der Waals surface area contributed by atoms with Gasteiger partial charge < -0.3 is 46.0 Å². The van der Waals surface area contributed by atoms with Crippen LogP contribution in [0.4, 0.5) is 10.1 Å². The number of amides is 3. The molecule has 0 saturated carbocycles. The Morgan fingerprint density at radius 2 is 1.34 bits per heavy atom. The Balaban J connectivity index is 2.43. The van der Waals surface area contributed by atoms with Gasteiger partial charge in [0.1, 0.15) is 0 Å². The summed E-state index contributed by atoms with van der Waals surface area (Å²) in [5, 5.41) is 116. The van der Waals surface area contributed by atoms with Crippen LogP contribution in [-0.2, 0) is 15.5 Å². The molecule has 3 amide bonds. The van der Waals surface area contributed by atoms with E-state index in [1.165, 1.54) is 0 Å². The number of carbonyl (C=O) groups excluding carboxylic acids is 3. The third-order valence-corrected chi connectivity index (χ3v) is 4.90. The molecule has 2 aliphatic heterocycles. The molecule has 19 heteroatoms. The molecule has 18 nitrogen and oxygen atoms in total. The average molecular weight is 469 g/mol. The summed E-state index contributed by atoms with van der Waals surface area (Å²) in [5.74, 6) is -28.0. The second kappa shape index (κ2) is 6.17. The van der Waals surface area contributed by atoms with Crippen LogP contribution < -0.4 is 5.23 Å². The molecule has 32 heavy (non-hydrogen) atoms. The van der Waals surface area contributed by atoms with Crippen LogP contribution in [0.1, 0.15) is 15.9 Å². The Kier molecular flexibility index (Phi) is 4.52. The standard InChI is InChI=1S/C13H12FN3O15/c14-3-5(18)1-2(4(6(3)19)17(31)32)12(26,27)16(7(1)20)10(23)8(21)15(30)9(22)11(24,25)13(10,28)29/h18-19,23-32H. The Morgan fingerprint density at radius 1 is 0.844 bits per heavy atom. The van der Waals surface area contributed by atoms with Gasteiger partial charge in [0.05, 0.1) is 11.1 Å². The molecule has 0 bridgehead atoms. The van der Waals surface area contributed by atoms with E-state index in [1.54, 1.807) is 0 Å². The summed E-state index contributed by atoms with van der Waals surface area (Å²) in [6.45, 7) is 0. The van der Waals surface area contributed by atoms with E-state index in [4.69, 9.17) is 0 Å². The molecule has 0 aliphatic carbocycles. The fourth-order valence-electron chi connectivity index (χ4n) is 3.33. The van der Waals surface area contributed by atoms with Crippen LogP contribution in [0, 0.1) is 5.82 Å². The number of rotatable bonds is 2. The third kappa shape index (κ3) is 2.25. The van der Waals surface area contributed by atoms with E-state index in [-0.39, 0.29) is 0 Å². The van der Waals surface area contributed by atoms with Gasteiger partial charge in [0.2, 0.25) is 5.82 Å². The number of carbonyl (C=O) groups is 3. The Labute approximate surface area is 171 Å². The topological polar surface area (TPSA) is 304 Å². The minimum Gasteiger partial charge on any atom is -0.504 e. The molecule has 0 aromatic heterocycles. The molecule has 2 aliphatic rings. The molecule has 3 rings (SSSR count). The Bertz CT molecular complexity index is 1090. The van der Waals surface area contributed by atoms with Crippen molar-refractivity contribution in [2.45, 2.75) is 23.2 Å². The maximum Gasteiger partial charge on any atom is 0.319 e. The number of nitrogens with zero attached hydrogens (tertiary/aromatic N) is 3. The lowest BCUT2D eigenvalue weighted by molar-refractivity contribution is -0.444. The van der Waals surface area contributed by atoms with Gasteiger partial charge in [-0.15, -0.1) is 10.3 Å². The number of aromatic hydroxyl groups is 2. The van der Waals surface area contributed by atoms with E-state index in [0.717, 1.165) is 0 Å². The van der Waals surface area contributed by atoms with Gasteiger partial charge in [-0.1, -0.05) is 0 Å². The number of hydroxylamine groups is 2. The van der Waals surface area contributed by atoms with Crippen molar-refractivity contribution in [2.75, 3.05) is 5.23 Å². The van der Waals surface area contributed by atoms with Crippen LogP contribution in [0.3, 0.4) is 0 Å².